The second-order valence-electron chi connectivity index (χ2n) is 4.26. The Balaban J connectivity index is 2.43. The highest BCUT2D eigenvalue weighted by Gasteiger charge is 2.15. The van der Waals surface area contributed by atoms with Gasteiger partial charge in [-0.15, -0.1) is 0 Å². The summed E-state index contributed by atoms with van der Waals surface area (Å²) in [6, 6.07) is 6.04. The van der Waals surface area contributed by atoms with Crippen molar-refractivity contribution in [2.24, 2.45) is 0 Å². The minimum Gasteiger partial charge on any atom is -0.465 e. The summed E-state index contributed by atoms with van der Waals surface area (Å²) in [4.78, 5) is 15.7. The average molecular weight is 275 g/mol. The number of methoxy groups -OCH3 is 1. The van der Waals surface area contributed by atoms with Gasteiger partial charge in [-0.05, 0) is 30.7 Å². The number of ether oxygens (including phenoxy) is 1. The van der Waals surface area contributed by atoms with Gasteiger partial charge in [0.1, 0.15) is 17.2 Å². The fraction of sp³-hybridized carbons (Fsp3) is 0.143. The van der Waals surface area contributed by atoms with Crippen LogP contribution in [-0.4, -0.2) is 18.1 Å². The van der Waals surface area contributed by atoms with Gasteiger partial charge in [0.25, 0.3) is 0 Å². The van der Waals surface area contributed by atoms with Gasteiger partial charge in [-0.2, -0.15) is 0 Å². The Kier molecular flexibility index (Phi) is 3.84. The molecule has 0 aliphatic carbocycles. The molecule has 20 heavy (non-hydrogen) atoms. The molecule has 0 amide bonds. The van der Waals surface area contributed by atoms with Crippen LogP contribution in [0.15, 0.2) is 30.5 Å². The highest BCUT2D eigenvalue weighted by atomic mass is 19.1. The van der Waals surface area contributed by atoms with Crippen molar-refractivity contribution in [2.75, 3.05) is 18.2 Å². The lowest BCUT2D eigenvalue weighted by Crippen LogP contribution is -2.09. The van der Waals surface area contributed by atoms with Crippen molar-refractivity contribution in [1.29, 1.82) is 0 Å². The molecule has 1 aromatic carbocycles. The van der Waals surface area contributed by atoms with E-state index < -0.39 is 11.8 Å². The Morgan fingerprint density at radius 1 is 1.40 bits per heavy atom. The van der Waals surface area contributed by atoms with Crippen LogP contribution in [0.1, 0.15) is 15.9 Å². The van der Waals surface area contributed by atoms with E-state index in [0.29, 0.717) is 5.69 Å². The number of pyridine rings is 1. The molecule has 0 radical (unpaired) electrons. The summed E-state index contributed by atoms with van der Waals surface area (Å²) < 4.78 is 18.4. The van der Waals surface area contributed by atoms with Gasteiger partial charge in [0.2, 0.25) is 0 Å². The Bertz CT molecular complexity index is 659. The SMILES string of the molecule is COC(=O)c1cc(N)cnc1Nc1cc(C)ccc1F. The predicted molar refractivity (Wildman–Crippen MR) is 74.4 cm³/mol. The second kappa shape index (κ2) is 5.56. The van der Waals surface area contributed by atoms with Crippen LogP contribution < -0.4 is 11.1 Å². The number of nitrogens with two attached hydrogens (primary N) is 1. The number of aromatic nitrogens is 1. The first-order valence-electron chi connectivity index (χ1n) is 5.88. The van der Waals surface area contributed by atoms with Crippen molar-refractivity contribution in [3.63, 3.8) is 0 Å². The fourth-order valence-electron chi connectivity index (χ4n) is 1.71. The van der Waals surface area contributed by atoms with Gasteiger partial charge in [0.05, 0.1) is 24.7 Å². The number of hydrogen-bond donors (Lipinski definition) is 2. The maximum absolute atomic E-state index is 13.7. The van der Waals surface area contributed by atoms with E-state index in [1.807, 2.05) is 6.92 Å². The molecular formula is C14H14FN3O2. The molecule has 6 heteroatoms. The van der Waals surface area contributed by atoms with Crippen molar-refractivity contribution in [3.05, 3.63) is 47.4 Å². The van der Waals surface area contributed by atoms with Crippen LogP contribution in [0.3, 0.4) is 0 Å². The number of aryl methyl sites for hydroxylation is 1. The number of rotatable bonds is 3. The molecule has 0 spiro atoms. The smallest absolute Gasteiger partial charge is 0.341 e. The molecule has 1 heterocycles. The molecule has 0 aliphatic rings. The zero-order chi connectivity index (χ0) is 14.7. The van der Waals surface area contributed by atoms with Gasteiger partial charge in [-0.25, -0.2) is 14.2 Å². The monoisotopic (exact) mass is 275 g/mol. The lowest BCUT2D eigenvalue weighted by molar-refractivity contribution is 0.0601. The molecule has 0 unspecified atom stereocenters. The summed E-state index contributed by atoms with van der Waals surface area (Å²) in [5.41, 5.74) is 7.17. The van der Waals surface area contributed by atoms with E-state index in [0.717, 1.165) is 5.56 Å². The Morgan fingerprint density at radius 3 is 2.85 bits per heavy atom. The molecule has 1 aromatic heterocycles. The minimum absolute atomic E-state index is 0.147. The first-order valence-corrected chi connectivity index (χ1v) is 5.88. The van der Waals surface area contributed by atoms with Crippen molar-refractivity contribution in [3.8, 4) is 0 Å². The Morgan fingerprint density at radius 2 is 2.15 bits per heavy atom. The Labute approximate surface area is 115 Å². The third kappa shape index (κ3) is 2.85. The third-order valence-electron chi connectivity index (χ3n) is 2.69. The van der Waals surface area contributed by atoms with E-state index in [2.05, 4.69) is 15.0 Å². The summed E-state index contributed by atoms with van der Waals surface area (Å²) in [6.45, 7) is 1.84. The van der Waals surface area contributed by atoms with Crippen LogP contribution in [0.2, 0.25) is 0 Å². The van der Waals surface area contributed by atoms with Gasteiger partial charge >= 0.3 is 5.97 Å². The van der Waals surface area contributed by atoms with Gasteiger partial charge in [-0.3, -0.25) is 0 Å². The highest BCUT2D eigenvalue weighted by Crippen LogP contribution is 2.24. The topological polar surface area (TPSA) is 77.2 Å². The number of hydrogen-bond acceptors (Lipinski definition) is 5. The standard InChI is InChI=1S/C14H14FN3O2/c1-8-3-4-11(15)12(5-8)18-13-10(14(19)20-2)6-9(16)7-17-13/h3-7H,16H2,1-2H3,(H,17,18). The number of carbonyl (C=O) groups excluding carboxylic acids is 1. The summed E-state index contributed by atoms with van der Waals surface area (Å²) >= 11 is 0. The number of nitrogens with zero attached hydrogens (tertiary/aromatic N) is 1. The number of carbonyl (C=O) groups is 1. The maximum Gasteiger partial charge on any atom is 0.341 e. The summed E-state index contributed by atoms with van der Waals surface area (Å²) in [5, 5.41) is 2.78. The number of esters is 1. The largest absolute Gasteiger partial charge is 0.465 e. The van der Waals surface area contributed by atoms with Gasteiger partial charge in [0, 0.05) is 0 Å². The molecule has 104 valence electrons. The lowest BCUT2D eigenvalue weighted by atomic mass is 10.2. The lowest BCUT2D eigenvalue weighted by Gasteiger charge is -2.11. The van der Waals surface area contributed by atoms with E-state index in [1.54, 1.807) is 12.1 Å². The summed E-state index contributed by atoms with van der Waals surface area (Å²) in [6.07, 6.45) is 1.38. The van der Waals surface area contributed by atoms with Crippen LogP contribution in [0.4, 0.5) is 21.6 Å². The van der Waals surface area contributed by atoms with Crippen LogP contribution >= 0.6 is 0 Å². The highest BCUT2D eigenvalue weighted by molar-refractivity contribution is 5.96. The molecule has 0 saturated carbocycles. The van der Waals surface area contributed by atoms with E-state index in [1.165, 1.54) is 25.4 Å². The number of nitrogen functional groups attached to an aromatic ring is 1. The first kappa shape index (κ1) is 13.8. The average Bonchev–Trinajstić information content (AvgIpc) is 2.43. The van der Waals surface area contributed by atoms with E-state index in [4.69, 9.17) is 5.73 Å². The van der Waals surface area contributed by atoms with E-state index in [-0.39, 0.29) is 17.1 Å². The van der Waals surface area contributed by atoms with Crippen molar-refractivity contribution in [1.82, 2.24) is 4.98 Å². The molecule has 0 fully saturated rings. The van der Waals surface area contributed by atoms with E-state index >= 15 is 0 Å². The molecule has 5 nitrogen and oxygen atoms in total. The molecular weight excluding hydrogens is 261 g/mol. The van der Waals surface area contributed by atoms with Crippen LogP contribution in [0.25, 0.3) is 0 Å². The van der Waals surface area contributed by atoms with Gasteiger partial charge in [-0.1, -0.05) is 6.07 Å². The van der Waals surface area contributed by atoms with Crippen molar-refractivity contribution in [2.45, 2.75) is 6.92 Å². The second-order valence-corrected chi connectivity index (χ2v) is 4.26. The maximum atomic E-state index is 13.7. The molecule has 0 saturated heterocycles. The van der Waals surface area contributed by atoms with Gasteiger partial charge < -0.3 is 15.8 Å². The van der Waals surface area contributed by atoms with Crippen LogP contribution in [0.5, 0.6) is 0 Å². The molecule has 3 N–H and O–H groups in total. The zero-order valence-corrected chi connectivity index (χ0v) is 11.1. The minimum atomic E-state index is -0.597. The number of benzene rings is 1. The number of nitrogens with one attached hydrogen (secondary N) is 1. The molecule has 0 aliphatic heterocycles. The van der Waals surface area contributed by atoms with E-state index in [9.17, 15) is 9.18 Å². The number of anilines is 3. The Hall–Kier alpha value is -2.63. The first-order chi connectivity index (χ1) is 9.51. The van der Waals surface area contributed by atoms with Crippen molar-refractivity contribution >= 4 is 23.2 Å². The van der Waals surface area contributed by atoms with Crippen molar-refractivity contribution < 1.29 is 13.9 Å². The van der Waals surface area contributed by atoms with Gasteiger partial charge in [0.15, 0.2) is 0 Å². The zero-order valence-electron chi connectivity index (χ0n) is 11.1. The molecule has 2 rings (SSSR count). The number of halogens is 1. The molecule has 2 aromatic rings. The summed E-state index contributed by atoms with van der Waals surface area (Å²) in [5.74, 6) is -0.846. The summed E-state index contributed by atoms with van der Waals surface area (Å²) in [7, 11) is 1.25. The van der Waals surface area contributed by atoms with Crippen LogP contribution in [0, 0.1) is 12.7 Å². The molecule has 0 bridgehead atoms. The van der Waals surface area contributed by atoms with Crippen LogP contribution in [-0.2, 0) is 4.74 Å². The quantitative estimate of drug-likeness (QED) is 0.842. The fourth-order valence-corrected chi connectivity index (χ4v) is 1.71. The normalized spacial score (nSPS) is 10.2. The molecule has 0 atom stereocenters. The predicted octanol–water partition coefficient (Wildman–Crippen LogP) is 2.64. The third-order valence-corrected chi connectivity index (χ3v) is 2.69.